The quantitative estimate of drug-likeness (QED) is 0.770. The van der Waals surface area contributed by atoms with Gasteiger partial charge >= 0.3 is 0 Å². The summed E-state index contributed by atoms with van der Waals surface area (Å²) >= 11 is 0. The third-order valence-electron chi connectivity index (χ3n) is 5.02. The number of nitrogens with zero attached hydrogens (tertiary/aromatic N) is 2. The van der Waals surface area contributed by atoms with E-state index in [-0.39, 0.29) is 11.7 Å². The van der Waals surface area contributed by atoms with Crippen molar-refractivity contribution in [1.29, 1.82) is 0 Å². The molecule has 0 atom stereocenters. The summed E-state index contributed by atoms with van der Waals surface area (Å²) in [7, 11) is 0.00379. The molecule has 0 radical (unpaired) electrons. The molecular formula is C21H26N2O4S. The first-order chi connectivity index (χ1) is 13.3. The number of benzene rings is 2. The van der Waals surface area contributed by atoms with Crippen molar-refractivity contribution in [3.8, 4) is 5.75 Å². The maximum absolute atomic E-state index is 13.0. The lowest BCUT2D eigenvalue weighted by Crippen LogP contribution is -2.38. The monoisotopic (exact) mass is 402 g/mol. The van der Waals surface area contributed by atoms with Crippen molar-refractivity contribution in [3.63, 3.8) is 0 Å². The average molecular weight is 403 g/mol. The van der Waals surface area contributed by atoms with E-state index in [9.17, 15) is 13.2 Å². The fourth-order valence-electron chi connectivity index (χ4n) is 3.45. The summed E-state index contributed by atoms with van der Waals surface area (Å²) in [4.78, 5) is 14.6. The predicted molar refractivity (Wildman–Crippen MR) is 110 cm³/mol. The summed E-state index contributed by atoms with van der Waals surface area (Å²) < 4.78 is 31.8. The number of anilines is 1. The molecule has 0 bridgehead atoms. The van der Waals surface area contributed by atoms with Crippen LogP contribution >= 0.6 is 0 Å². The molecule has 0 aromatic heterocycles. The molecule has 0 spiro atoms. The molecule has 1 fully saturated rings. The number of rotatable bonds is 5. The maximum Gasteiger partial charge on any atom is 0.253 e. The highest BCUT2D eigenvalue weighted by Crippen LogP contribution is 2.28. The van der Waals surface area contributed by atoms with E-state index >= 15 is 0 Å². The minimum Gasteiger partial charge on any atom is -0.496 e. The van der Waals surface area contributed by atoms with Crippen LogP contribution in [0.15, 0.2) is 42.5 Å². The second kappa shape index (κ2) is 8.22. The highest BCUT2D eigenvalue weighted by Gasteiger charge is 2.28. The molecule has 2 aromatic rings. The van der Waals surface area contributed by atoms with Crippen LogP contribution in [0.1, 0.15) is 34.3 Å². The Bertz CT molecular complexity index is 972. The second-order valence-electron chi connectivity index (χ2n) is 7.07. The van der Waals surface area contributed by atoms with Crippen LogP contribution in [0.2, 0.25) is 0 Å². The van der Waals surface area contributed by atoms with E-state index in [1.807, 2.05) is 37.3 Å². The number of carbonyl (C=O) groups excluding carboxylic acids is 1. The highest BCUT2D eigenvalue weighted by atomic mass is 32.2. The SMILES string of the molecule is COc1ccccc1CN(C)C(=O)c1ccc(C)c(N2CCCCS2(=O)=O)c1. The van der Waals surface area contributed by atoms with Gasteiger partial charge in [-0.3, -0.25) is 9.10 Å². The standard InChI is InChI=1S/C21H26N2O4S/c1-16-10-11-17(14-19(16)23-12-6-7-13-28(23,25)26)21(24)22(2)15-18-8-4-5-9-20(18)27-3/h4-5,8-11,14H,6-7,12-13,15H2,1-3H3. The van der Waals surface area contributed by atoms with Crippen LogP contribution in [-0.2, 0) is 16.6 Å². The summed E-state index contributed by atoms with van der Waals surface area (Å²) in [5, 5.41) is 0. The van der Waals surface area contributed by atoms with Gasteiger partial charge in [0.1, 0.15) is 5.75 Å². The van der Waals surface area contributed by atoms with Crippen LogP contribution in [0.4, 0.5) is 5.69 Å². The Balaban J connectivity index is 1.86. The van der Waals surface area contributed by atoms with Gasteiger partial charge in [0.2, 0.25) is 10.0 Å². The fourth-order valence-corrected chi connectivity index (χ4v) is 5.14. The molecule has 1 amide bonds. The average Bonchev–Trinajstić information content (AvgIpc) is 2.68. The van der Waals surface area contributed by atoms with Crippen LogP contribution < -0.4 is 9.04 Å². The predicted octanol–water partition coefficient (Wildman–Crippen LogP) is 3.21. The van der Waals surface area contributed by atoms with Crippen molar-refractivity contribution < 1.29 is 17.9 Å². The van der Waals surface area contributed by atoms with E-state index in [1.54, 1.807) is 31.2 Å². The molecular weight excluding hydrogens is 376 g/mol. The lowest BCUT2D eigenvalue weighted by Gasteiger charge is -2.30. The van der Waals surface area contributed by atoms with Crippen LogP contribution in [0.25, 0.3) is 0 Å². The molecule has 0 N–H and O–H groups in total. The molecule has 1 heterocycles. The molecule has 2 aromatic carbocycles. The summed E-state index contributed by atoms with van der Waals surface area (Å²) in [6.45, 7) is 2.72. The van der Waals surface area contributed by atoms with E-state index in [4.69, 9.17) is 4.74 Å². The van der Waals surface area contributed by atoms with E-state index in [2.05, 4.69) is 0 Å². The van der Waals surface area contributed by atoms with Gasteiger partial charge in [-0.05, 0) is 43.5 Å². The van der Waals surface area contributed by atoms with Gasteiger partial charge in [0.05, 0.1) is 18.6 Å². The van der Waals surface area contributed by atoms with Gasteiger partial charge in [-0.2, -0.15) is 0 Å². The molecule has 150 valence electrons. The van der Waals surface area contributed by atoms with E-state index in [1.165, 1.54) is 4.31 Å². The topological polar surface area (TPSA) is 66.9 Å². The van der Waals surface area contributed by atoms with Gasteiger partial charge in [0.15, 0.2) is 0 Å². The highest BCUT2D eigenvalue weighted by molar-refractivity contribution is 7.92. The Morgan fingerprint density at radius 1 is 1.18 bits per heavy atom. The zero-order chi connectivity index (χ0) is 20.3. The second-order valence-corrected chi connectivity index (χ2v) is 9.08. The molecule has 1 aliphatic rings. The number of ether oxygens (including phenoxy) is 1. The number of hydrogen-bond acceptors (Lipinski definition) is 4. The smallest absolute Gasteiger partial charge is 0.253 e. The minimum atomic E-state index is -3.33. The summed E-state index contributed by atoms with van der Waals surface area (Å²) in [5.41, 5.74) is 2.82. The Hall–Kier alpha value is -2.54. The van der Waals surface area contributed by atoms with Crippen molar-refractivity contribution in [1.82, 2.24) is 4.90 Å². The Morgan fingerprint density at radius 2 is 1.93 bits per heavy atom. The molecule has 1 saturated heterocycles. The van der Waals surface area contributed by atoms with Crippen LogP contribution in [0.3, 0.4) is 0 Å². The summed E-state index contributed by atoms with van der Waals surface area (Å²) in [6, 6.07) is 12.8. The largest absolute Gasteiger partial charge is 0.496 e. The number of methoxy groups -OCH3 is 1. The van der Waals surface area contributed by atoms with Gasteiger partial charge in [-0.15, -0.1) is 0 Å². The van der Waals surface area contributed by atoms with Crippen molar-refractivity contribution >= 4 is 21.6 Å². The van der Waals surface area contributed by atoms with Crippen molar-refractivity contribution in [2.75, 3.05) is 30.8 Å². The normalized spacial score (nSPS) is 15.9. The zero-order valence-electron chi connectivity index (χ0n) is 16.5. The molecule has 28 heavy (non-hydrogen) atoms. The van der Waals surface area contributed by atoms with Crippen LogP contribution in [-0.4, -0.2) is 45.7 Å². The number of carbonyl (C=O) groups is 1. The molecule has 6 nitrogen and oxygen atoms in total. The van der Waals surface area contributed by atoms with Gasteiger partial charge in [-0.25, -0.2) is 8.42 Å². The summed E-state index contributed by atoms with van der Waals surface area (Å²) in [6.07, 6.45) is 1.50. The first-order valence-corrected chi connectivity index (χ1v) is 10.9. The molecule has 7 heteroatoms. The zero-order valence-corrected chi connectivity index (χ0v) is 17.3. The molecule has 0 unspecified atom stereocenters. The van der Waals surface area contributed by atoms with Gasteiger partial charge in [-0.1, -0.05) is 24.3 Å². The first kappa shape index (κ1) is 20.2. The van der Waals surface area contributed by atoms with E-state index in [0.717, 1.165) is 23.3 Å². The molecule has 1 aliphatic heterocycles. The molecule has 3 rings (SSSR count). The lowest BCUT2D eigenvalue weighted by atomic mass is 10.1. The number of amides is 1. The molecule has 0 saturated carbocycles. The van der Waals surface area contributed by atoms with Crippen LogP contribution in [0.5, 0.6) is 5.75 Å². The van der Waals surface area contributed by atoms with Gasteiger partial charge in [0.25, 0.3) is 5.91 Å². The number of sulfonamides is 1. The summed E-state index contributed by atoms with van der Waals surface area (Å²) in [5.74, 6) is 0.714. The lowest BCUT2D eigenvalue weighted by molar-refractivity contribution is 0.0784. The van der Waals surface area contributed by atoms with E-state index < -0.39 is 10.0 Å². The van der Waals surface area contributed by atoms with Gasteiger partial charge in [0, 0.05) is 31.3 Å². The van der Waals surface area contributed by atoms with Crippen molar-refractivity contribution in [2.24, 2.45) is 0 Å². The first-order valence-electron chi connectivity index (χ1n) is 9.32. The van der Waals surface area contributed by atoms with Crippen molar-refractivity contribution in [2.45, 2.75) is 26.3 Å². The number of aryl methyl sites for hydroxylation is 1. The third kappa shape index (κ3) is 4.14. The van der Waals surface area contributed by atoms with Crippen molar-refractivity contribution in [3.05, 3.63) is 59.2 Å². The van der Waals surface area contributed by atoms with Crippen LogP contribution in [0, 0.1) is 6.92 Å². The molecule has 0 aliphatic carbocycles. The third-order valence-corrected chi connectivity index (χ3v) is 6.88. The fraction of sp³-hybridized carbons (Fsp3) is 0.381. The maximum atomic E-state index is 13.0. The Kier molecular flexibility index (Phi) is 5.93. The number of hydrogen-bond donors (Lipinski definition) is 0. The Labute approximate surface area is 166 Å². The minimum absolute atomic E-state index is 0.151. The number of para-hydroxylation sites is 1. The van der Waals surface area contributed by atoms with E-state index in [0.29, 0.717) is 30.8 Å². The Morgan fingerprint density at radius 3 is 2.64 bits per heavy atom. The van der Waals surface area contributed by atoms with Gasteiger partial charge < -0.3 is 9.64 Å².